The van der Waals surface area contributed by atoms with Crippen LogP contribution in [0.25, 0.3) is 11.0 Å². The highest BCUT2D eigenvalue weighted by atomic mass is 19.1. The normalized spacial score (nSPS) is 13.3. The van der Waals surface area contributed by atoms with Crippen LogP contribution in [-0.2, 0) is 4.79 Å². The second kappa shape index (κ2) is 8.25. The van der Waals surface area contributed by atoms with Gasteiger partial charge >= 0.3 is 0 Å². The molecule has 1 unspecified atom stereocenters. The molecule has 3 rings (SSSR count). The highest BCUT2D eigenvalue weighted by molar-refractivity contribution is 5.97. The minimum atomic E-state index is -0.807. The molecule has 146 valence electrons. The van der Waals surface area contributed by atoms with E-state index >= 15 is 0 Å². The molecule has 3 aromatic rings. The fourth-order valence-electron chi connectivity index (χ4n) is 2.99. The summed E-state index contributed by atoms with van der Waals surface area (Å²) in [4.78, 5) is 25.2. The molecule has 5 nitrogen and oxygen atoms in total. The molecule has 0 spiro atoms. The third-order valence-corrected chi connectivity index (χ3v) is 4.58. The quantitative estimate of drug-likeness (QED) is 0.671. The lowest BCUT2D eigenvalue weighted by Gasteiger charge is -2.23. The van der Waals surface area contributed by atoms with Gasteiger partial charge in [-0.1, -0.05) is 44.2 Å². The SMILES string of the molecule is CC(NC(=O)[C@@H](NC(=O)c1ccccc1F)C(C)C)c1cc2ccccc2o1. The molecule has 0 aliphatic heterocycles. The van der Waals surface area contributed by atoms with Crippen LogP contribution in [0.2, 0.25) is 0 Å². The predicted octanol–water partition coefficient (Wildman–Crippen LogP) is 4.20. The van der Waals surface area contributed by atoms with E-state index < -0.39 is 17.8 Å². The van der Waals surface area contributed by atoms with Gasteiger partial charge in [-0.15, -0.1) is 0 Å². The molecule has 0 radical (unpaired) electrons. The van der Waals surface area contributed by atoms with E-state index in [1.165, 1.54) is 18.2 Å². The van der Waals surface area contributed by atoms with Gasteiger partial charge in [-0.25, -0.2) is 4.39 Å². The van der Waals surface area contributed by atoms with Crippen molar-refractivity contribution in [3.05, 3.63) is 71.7 Å². The molecule has 0 fully saturated rings. The Morgan fingerprint density at radius 3 is 2.32 bits per heavy atom. The maximum Gasteiger partial charge on any atom is 0.254 e. The average molecular weight is 382 g/mol. The maximum absolute atomic E-state index is 13.9. The van der Waals surface area contributed by atoms with E-state index in [1.807, 2.05) is 51.1 Å². The van der Waals surface area contributed by atoms with Crippen molar-refractivity contribution in [2.75, 3.05) is 0 Å². The van der Waals surface area contributed by atoms with Gasteiger partial charge in [0, 0.05) is 5.39 Å². The maximum atomic E-state index is 13.9. The lowest BCUT2D eigenvalue weighted by atomic mass is 10.0. The summed E-state index contributed by atoms with van der Waals surface area (Å²) in [7, 11) is 0. The molecule has 0 saturated carbocycles. The fraction of sp³-hybridized carbons (Fsp3) is 0.273. The zero-order chi connectivity index (χ0) is 20.3. The number of halogens is 1. The van der Waals surface area contributed by atoms with E-state index in [9.17, 15) is 14.0 Å². The topological polar surface area (TPSA) is 71.3 Å². The van der Waals surface area contributed by atoms with Gasteiger partial charge in [0.25, 0.3) is 5.91 Å². The summed E-state index contributed by atoms with van der Waals surface area (Å²) >= 11 is 0. The van der Waals surface area contributed by atoms with Crippen LogP contribution in [0.15, 0.2) is 59.0 Å². The molecule has 2 amide bonds. The van der Waals surface area contributed by atoms with Gasteiger partial charge in [0.05, 0.1) is 11.6 Å². The lowest BCUT2D eigenvalue weighted by molar-refractivity contribution is -0.124. The summed E-state index contributed by atoms with van der Waals surface area (Å²) < 4.78 is 19.6. The minimum Gasteiger partial charge on any atom is -0.459 e. The van der Waals surface area contributed by atoms with Crippen molar-refractivity contribution >= 4 is 22.8 Å². The van der Waals surface area contributed by atoms with Gasteiger partial charge in [-0.2, -0.15) is 0 Å². The summed E-state index contributed by atoms with van der Waals surface area (Å²) in [6.07, 6.45) is 0. The molecule has 0 bridgehead atoms. The Labute approximate surface area is 162 Å². The van der Waals surface area contributed by atoms with Crippen LogP contribution in [0, 0.1) is 11.7 Å². The third kappa shape index (κ3) is 4.22. The van der Waals surface area contributed by atoms with Gasteiger partial charge in [0.15, 0.2) is 0 Å². The molecular weight excluding hydrogens is 359 g/mol. The Hall–Kier alpha value is -3.15. The second-order valence-electron chi connectivity index (χ2n) is 7.09. The van der Waals surface area contributed by atoms with Crippen molar-refractivity contribution in [1.29, 1.82) is 0 Å². The number of fused-ring (bicyclic) bond motifs is 1. The van der Waals surface area contributed by atoms with E-state index in [1.54, 1.807) is 6.07 Å². The molecule has 0 saturated heterocycles. The van der Waals surface area contributed by atoms with Crippen molar-refractivity contribution in [3.63, 3.8) is 0 Å². The van der Waals surface area contributed by atoms with Crippen LogP contribution < -0.4 is 10.6 Å². The summed E-state index contributed by atoms with van der Waals surface area (Å²) in [5.41, 5.74) is 0.651. The molecular formula is C22H23FN2O3. The summed E-state index contributed by atoms with van der Waals surface area (Å²) in [5.74, 6) is -1.16. The number of amides is 2. The Morgan fingerprint density at radius 2 is 1.64 bits per heavy atom. The van der Waals surface area contributed by atoms with E-state index in [-0.39, 0.29) is 23.4 Å². The van der Waals surface area contributed by atoms with Gasteiger partial charge in [0.2, 0.25) is 5.91 Å². The van der Waals surface area contributed by atoms with Gasteiger partial charge in [-0.05, 0) is 37.1 Å². The van der Waals surface area contributed by atoms with E-state index in [0.29, 0.717) is 5.76 Å². The largest absolute Gasteiger partial charge is 0.459 e. The zero-order valence-electron chi connectivity index (χ0n) is 16.0. The first-order valence-electron chi connectivity index (χ1n) is 9.21. The number of furan rings is 1. The van der Waals surface area contributed by atoms with Gasteiger partial charge < -0.3 is 15.1 Å². The highest BCUT2D eigenvalue weighted by Crippen LogP contribution is 2.23. The molecule has 6 heteroatoms. The summed E-state index contributed by atoms with van der Waals surface area (Å²) in [6, 6.07) is 14.0. The smallest absolute Gasteiger partial charge is 0.254 e. The Kier molecular flexibility index (Phi) is 5.78. The Morgan fingerprint density at radius 1 is 0.964 bits per heavy atom. The van der Waals surface area contributed by atoms with Crippen LogP contribution in [-0.4, -0.2) is 17.9 Å². The number of rotatable bonds is 6. The Balaban J connectivity index is 1.72. The predicted molar refractivity (Wildman–Crippen MR) is 105 cm³/mol. The molecule has 28 heavy (non-hydrogen) atoms. The second-order valence-corrected chi connectivity index (χ2v) is 7.09. The van der Waals surface area contributed by atoms with E-state index in [4.69, 9.17) is 4.42 Å². The summed E-state index contributed by atoms with van der Waals surface area (Å²) in [6.45, 7) is 5.45. The number of hydrogen-bond acceptors (Lipinski definition) is 3. The molecule has 2 atom stereocenters. The molecule has 2 N–H and O–H groups in total. The number of nitrogens with one attached hydrogen (secondary N) is 2. The average Bonchev–Trinajstić information content (AvgIpc) is 3.10. The lowest BCUT2D eigenvalue weighted by Crippen LogP contribution is -2.50. The number of carbonyl (C=O) groups excluding carboxylic acids is 2. The number of para-hydroxylation sites is 1. The molecule has 2 aromatic carbocycles. The van der Waals surface area contributed by atoms with E-state index in [0.717, 1.165) is 11.0 Å². The first-order valence-corrected chi connectivity index (χ1v) is 9.21. The third-order valence-electron chi connectivity index (χ3n) is 4.58. The van der Waals surface area contributed by atoms with Gasteiger partial charge in [-0.3, -0.25) is 9.59 Å². The summed E-state index contributed by atoms with van der Waals surface area (Å²) in [5, 5.41) is 6.45. The van der Waals surface area contributed by atoms with Crippen molar-refractivity contribution < 1.29 is 18.4 Å². The molecule has 1 heterocycles. The Bertz CT molecular complexity index is 963. The van der Waals surface area contributed by atoms with Crippen LogP contribution in [0.3, 0.4) is 0 Å². The van der Waals surface area contributed by atoms with Crippen molar-refractivity contribution in [1.82, 2.24) is 10.6 Å². The van der Waals surface area contributed by atoms with Crippen LogP contribution >= 0.6 is 0 Å². The zero-order valence-corrected chi connectivity index (χ0v) is 16.0. The van der Waals surface area contributed by atoms with Gasteiger partial charge in [0.1, 0.15) is 23.2 Å². The van der Waals surface area contributed by atoms with Crippen LogP contribution in [0.1, 0.15) is 42.9 Å². The standard InChI is InChI=1S/C22H23FN2O3/c1-13(2)20(25-21(26)16-9-5-6-10-17(16)23)22(27)24-14(3)19-12-15-8-4-7-11-18(15)28-19/h4-14,20H,1-3H3,(H,24,27)(H,25,26)/t14?,20-/m0/s1. The van der Waals surface area contributed by atoms with Crippen molar-refractivity contribution in [2.24, 2.45) is 5.92 Å². The van der Waals surface area contributed by atoms with Crippen molar-refractivity contribution in [2.45, 2.75) is 32.9 Å². The monoisotopic (exact) mass is 382 g/mol. The van der Waals surface area contributed by atoms with Crippen LogP contribution in [0.4, 0.5) is 4.39 Å². The number of carbonyl (C=O) groups is 2. The van der Waals surface area contributed by atoms with Crippen LogP contribution in [0.5, 0.6) is 0 Å². The molecule has 1 aromatic heterocycles. The highest BCUT2D eigenvalue weighted by Gasteiger charge is 2.27. The molecule has 0 aliphatic rings. The fourth-order valence-corrected chi connectivity index (χ4v) is 2.99. The molecule has 0 aliphatic carbocycles. The number of hydrogen-bond donors (Lipinski definition) is 2. The first-order chi connectivity index (χ1) is 13.4. The van der Waals surface area contributed by atoms with E-state index in [2.05, 4.69) is 10.6 Å². The minimum absolute atomic E-state index is 0.0914. The number of benzene rings is 2. The van der Waals surface area contributed by atoms with Crippen molar-refractivity contribution in [3.8, 4) is 0 Å². The first kappa shape index (κ1) is 19.6.